The van der Waals surface area contributed by atoms with Gasteiger partial charge in [0.1, 0.15) is 0 Å². The van der Waals surface area contributed by atoms with E-state index in [0.29, 0.717) is 10.9 Å². The van der Waals surface area contributed by atoms with Crippen LogP contribution in [0.2, 0.25) is 4.44 Å². The zero-order valence-electron chi connectivity index (χ0n) is 26.8. The first-order valence-corrected chi connectivity index (χ1v) is 22.6. The predicted molar refractivity (Wildman–Crippen MR) is 167 cm³/mol. The second-order valence-electron chi connectivity index (χ2n) is 11.5. The molecule has 0 aromatic rings. The zero-order valence-corrected chi connectivity index (χ0v) is 29.7. The Morgan fingerprint density at radius 1 is 0.375 bits per heavy atom. The van der Waals surface area contributed by atoms with Crippen LogP contribution in [-0.4, -0.2) is 37.5 Å². The van der Waals surface area contributed by atoms with Gasteiger partial charge in [-0.05, 0) is 0 Å². The maximum absolute atomic E-state index is 12.9. The molecule has 0 aliphatic rings. The van der Waals surface area contributed by atoms with Crippen LogP contribution in [0.4, 0.5) is 0 Å². The predicted octanol–water partition coefficient (Wildman–Crippen LogP) is 10.4. The van der Waals surface area contributed by atoms with Gasteiger partial charge in [-0.1, -0.05) is 0 Å². The van der Waals surface area contributed by atoms with Crippen LogP contribution in [0.25, 0.3) is 0 Å². The van der Waals surface area contributed by atoms with Crippen molar-refractivity contribution in [3.8, 4) is 0 Å². The Morgan fingerprint density at radius 2 is 0.625 bits per heavy atom. The summed E-state index contributed by atoms with van der Waals surface area (Å²) in [5.74, 6) is -1.15. The Balaban J connectivity index is 4.94. The van der Waals surface area contributed by atoms with Crippen LogP contribution >= 0.6 is 0 Å². The average Bonchev–Trinajstić information content (AvgIpc) is 2.91. The van der Waals surface area contributed by atoms with Crippen molar-refractivity contribution in [3.63, 3.8) is 0 Å². The molecule has 0 fully saturated rings. The van der Waals surface area contributed by atoms with Crippen LogP contribution in [0.1, 0.15) is 188 Å². The van der Waals surface area contributed by atoms with E-state index >= 15 is 0 Å². The summed E-state index contributed by atoms with van der Waals surface area (Å²) in [6, 6.07) is 0. The maximum atomic E-state index is 12.9. The topological polar surface area (TPSA) is 78.9 Å². The first kappa shape index (κ1) is 39.2. The minimum absolute atomic E-state index is 0.279. The van der Waals surface area contributed by atoms with E-state index in [1.54, 1.807) is 0 Å². The molecule has 0 saturated carbocycles. The molecular formula is C33H64O6Sn. The number of hydrogen-bond donors (Lipinski definition) is 0. The van der Waals surface area contributed by atoms with E-state index in [1.165, 1.54) is 77.0 Å². The van der Waals surface area contributed by atoms with E-state index in [1.807, 2.05) is 6.92 Å². The van der Waals surface area contributed by atoms with Crippen LogP contribution in [-0.2, 0) is 23.6 Å². The molecule has 0 spiro atoms. The normalized spacial score (nSPS) is 11.4. The van der Waals surface area contributed by atoms with Crippen molar-refractivity contribution in [2.24, 2.45) is 0 Å². The van der Waals surface area contributed by atoms with E-state index < -0.39 is 19.6 Å². The van der Waals surface area contributed by atoms with E-state index in [0.717, 1.165) is 57.8 Å². The Hall–Kier alpha value is -0.791. The molecular weight excluding hydrogens is 611 g/mol. The van der Waals surface area contributed by atoms with Crippen LogP contribution in [0, 0.1) is 0 Å². The van der Waals surface area contributed by atoms with E-state index in [4.69, 9.17) is 9.22 Å². The fraction of sp³-hybridized carbons (Fsp3) is 0.909. The molecule has 0 unspecified atom stereocenters. The number of rotatable bonds is 29. The minimum atomic E-state index is -4.73. The molecule has 40 heavy (non-hydrogen) atoms. The van der Waals surface area contributed by atoms with Gasteiger partial charge in [-0.25, -0.2) is 0 Å². The number of carbonyl (C=O) groups is 3. The fourth-order valence-corrected chi connectivity index (χ4v) is 11.7. The molecule has 0 atom stereocenters. The van der Waals surface area contributed by atoms with Crippen molar-refractivity contribution in [1.82, 2.24) is 0 Å². The SMILES string of the molecule is CCCCCCCCCC(=O)[O][Sn]([CH2]CC)([O]C(=O)CCCCCCCCC)[O]C(=O)CCCCCCCCC. The molecule has 7 heteroatoms. The summed E-state index contributed by atoms with van der Waals surface area (Å²) in [7, 11) is 0. The molecule has 0 aromatic carbocycles. The van der Waals surface area contributed by atoms with Gasteiger partial charge in [0.25, 0.3) is 0 Å². The quantitative estimate of drug-likeness (QED) is 0.0580. The van der Waals surface area contributed by atoms with Crippen LogP contribution in [0.15, 0.2) is 0 Å². The van der Waals surface area contributed by atoms with Gasteiger partial charge in [-0.3, -0.25) is 0 Å². The van der Waals surface area contributed by atoms with Crippen molar-refractivity contribution in [2.75, 3.05) is 0 Å². The molecule has 0 bridgehead atoms. The molecule has 0 amide bonds. The Morgan fingerprint density at radius 3 is 0.875 bits per heavy atom. The molecule has 0 heterocycles. The van der Waals surface area contributed by atoms with Gasteiger partial charge < -0.3 is 0 Å². The monoisotopic (exact) mass is 676 g/mol. The second-order valence-corrected chi connectivity index (χ2v) is 18.5. The van der Waals surface area contributed by atoms with Gasteiger partial charge >= 0.3 is 254 Å². The van der Waals surface area contributed by atoms with Crippen LogP contribution in [0.3, 0.4) is 0 Å². The molecule has 0 radical (unpaired) electrons. The first-order chi connectivity index (χ1) is 19.4. The summed E-state index contributed by atoms with van der Waals surface area (Å²) in [5, 5.41) is 0. The van der Waals surface area contributed by atoms with Gasteiger partial charge in [0.15, 0.2) is 0 Å². The molecule has 0 saturated heterocycles. The van der Waals surface area contributed by atoms with Gasteiger partial charge in [0.05, 0.1) is 0 Å². The van der Waals surface area contributed by atoms with E-state index in [9.17, 15) is 14.4 Å². The first-order valence-electron chi connectivity index (χ1n) is 17.1. The Labute approximate surface area is 253 Å². The number of hydrogen-bond acceptors (Lipinski definition) is 6. The van der Waals surface area contributed by atoms with Crippen molar-refractivity contribution >= 4 is 37.5 Å². The summed E-state index contributed by atoms with van der Waals surface area (Å²) in [5.41, 5.74) is 0. The third-order valence-electron chi connectivity index (χ3n) is 7.32. The molecule has 0 rings (SSSR count). The van der Waals surface area contributed by atoms with Crippen LogP contribution in [0.5, 0.6) is 0 Å². The summed E-state index contributed by atoms with van der Waals surface area (Å²) >= 11 is -4.73. The number of carbonyl (C=O) groups excluding carboxylic acids is 3. The zero-order chi connectivity index (χ0) is 29.7. The average molecular weight is 676 g/mol. The fourth-order valence-electron chi connectivity index (χ4n) is 4.87. The number of unbranched alkanes of at least 4 members (excludes halogenated alkanes) is 18. The van der Waals surface area contributed by atoms with Crippen molar-refractivity contribution in [3.05, 3.63) is 0 Å². The molecule has 0 aliphatic heterocycles. The third-order valence-corrected chi connectivity index (χ3v) is 15.1. The van der Waals surface area contributed by atoms with Crippen molar-refractivity contribution in [1.29, 1.82) is 0 Å². The van der Waals surface area contributed by atoms with Gasteiger partial charge in [0.2, 0.25) is 0 Å². The summed E-state index contributed by atoms with van der Waals surface area (Å²) < 4.78 is 18.0. The van der Waals surface area contributed by atoms with Crippen LogP contribution < -0.4 is 0 Å². The van der Waals surface area contributed by atoms with Gasteiger partial charge in [-0.2, -0.15) is 0 Å². The molecule has 6 nitrogen and oxygen atoms in total. The molecule has 0 aliphatic carbocycles. The van der Waals surface area contributed by atoms with Gasteiger partial charge in [0, 0.05) is 0 Å². The Bertz CT molecular complexity index is 545. The van der Waals surface area contributed by atoms with E-state index in [-0.39, 0.29) is 37.2 Å². The molecule has 0 N–H and O–H groups in total. The summed E-state index contributed by atoms with van der Waals surface area (Å²) in [6.07, 6.45) is 24.7. The van der Waals surface area contributed by atoms with Gasteiger partial charge in [-0.15, -0.1) is 0 Å². The van der Waals surface area contributed by atoms with Crippen molar-refractivity contribution < 1.29 is 23.6 Å². The summed E-state index contributed by atoms with van der Waals surface area (Å²) in [4.78, 5) is 38.6. The second kappa shape index (κ2) is 28.3. The third kappa shape index (κ3) is 23.9. The van der Waals surface area contributed by atoms with E-state index in [2.05, 4.69) is 20.8 Å². The molecule has 0 aromatic heterocycles. The molecule has 236 valence electrons. The standard InChI is InChI=1S/3C10H20O2.C3H7.Sn/c3*1-2-3-4-5-6-7-8-9-10(11)12;1-3-2;/h3*2-9H2,1H3,(H,11,12);1,3H2,2H3;/q;;;;+3/p-3. The van der Waals surface area contributed by atoms with Crippen molar-refractivity contribution in [2.45, 2.75) is 193 Å². The summed E-state index contributed by atoms with van der Waals surface area (Å²) in [6.45, 7) is 8.55. The Kier molecular flexibility index (Phi) is 27.8.